The molecule has 2 aromatic rings. The number of aliphatic hydroxyl groups is 2. The fourth-order valence-corrected chi connectivity index (χ4v) is 4.11. The highest BCUT2D eigenvalue weighted by molar-refractivity contribution is 5.95. The van der Waals surface area contributed by atoms with E-state index in [0.29, 0.717) is 5.56 Å². The molecule has 0 aromatic heterocycles. The Morgan fingerprint density at radius 1 is 1.06 bits per heavy atom. The van der Waals surface area contributed by atoms with E-state index in [1.54, 1.807) is 6.07 Å². The van der Waals surface area contributed by atoms with E-state index in [0.717, 1.165) is 12.1 Å². The molecule has 12 nitrogen and oxygen atoms in total. The molecule has 0 spiro atoms. The van der Waals surface area contributed by atoms with Crippen LogP contribution in [0.5, 0.6) is 28.7 Å². The summed E-state index contributed by atoms with van der Waals surface area (Å²) in [5.41, 5.74) is 0.232. The van der Waals surface area contributed by atoms with Crippen molar-refractivity contribution in [1.29, 1.82) is 0 Å². The fourth-order valence-electron chi connectivity index (χ4n) is 4.11. The van der Waals surface area contributed by atoms with Crippen molar-refractivity contribution in [2.45, 2.75) is 30.5 Å². The Morgan fingerprint density at radius 3 is 2.50 bits per heavy atom. The van der Waals surface area contributed by atoms with Crippen molar-refractivity contribution in [2.75, 3.05) is 20.8 Å². The van der Waals surface area contributed by atoms with Crippen molar-refractivity contribution in [3.8, 4) is 28.7 Å². The SMILES string of the molecule is COc1cc(C=CC(=O)OCC2OC3c4c(cc(O)c(OC)c4O)C(=O)OC3C(O)C2O)ccc1O. The molecule has 4 rings (SSSR count). The monoisotopic (exact) mass is 504 g/mol. The summed E-state index contributed by atoms with van der Waals surface area (Å²) in [6, 6.07) is 5.48. The molecule has 1 fully saturated rings. The largest absolute Gasteiger partial charge is 0.504 e. The minimum absolute atomic E-state index is 0.0636. The Bertz CT molecular complexity index is 1210. The van der Waals surface area contributed by atoms with Gasteiger partial charge >= 0.3 is 11.9 Å². The van der Waals surface area contributed by atoms with E-state index in [1.807, 2.05) is 0 Å². The van der Waals surface area contributed by atoms with Crippen LogP contribution in [-0.4, -0.2) is 82.7 Å². The summed E-state index contributed by atoms with van der Waals surface area (Å²) in [5, 5.41) is 51.4. The van der Waals surface area contributed by atoms with Crippen molar-refractivity contribution in [1.82, 2.24) is 0 Å². The molecule has 2 aromatic carbocycles. The summed E-state index contributed by atoms with van der Waals surface area (Å²) in [6.07, 6.45) is -4.59. The van der Waals surface area contributed by atoms with Gasteiger partial charge < -0.3 is 49.2 Å². The molecule has 0 saturated carbocycles. The number of carbonyl (C=O) groups excluding carboxylic acids is 2. The van der Waals surface area contributed by atoms with Gasteiger partial charge in [0.15, 0.2) is 29.1 Å². The number of esters is 2. The van der Waals surface area contributed by atoms with Gasteiger partial charge in [0.1, 0.15) is 31.0 Å². The Morgan fingerprint density at radius 2 is 1.81 bits per heavy atom. The summed E-state index contributed by atoms with van der Waals surface area (Å²) in [4.78, 5) is 24.6. The molecule has 2 heterocycles. The van der Waals surface area contributed by atoms with Gasteiger partial charge in [-0.25, -0.2) is 9.59 Å². The second-order valence-electron chi connectivity index (χ2n) is 8.08. The predicted molar refractivity (Wildman–Crippen MR) is 120 cm³/mol. The summed E-state index contributed by atoms with van der Waals surface area (Å²) in [6.45, 7) is -0.483. The predicted octanol–water partition coefficient (Wildman–Crippen LogP) is 0.778. The number of carbonyl (C=O) groups is 2. The lowest BCUT2D eigenvalue weighted by Gasteiger charge is -2.44. The number of phenolic OH excluding ortho intramolecular Hbond substituents is 3. The second-order valence-corrected chi connectivity index (χ2v) is 8.08. The standard InChI is InChI=1S/C24H24O12/c1-32-14-7-10(3-5-12(14)25)4-6-16(27)34-9-15-18(28)20(30)23-22(35-15)17-11(24(31)36-23)8-13(26)21(33-2)19(17)29/h3-8,15,18,20,22-23,25-26,28-30H,9H2,1-2H3. The quantitative estimate of drug-likeness (QED) is 0.276. The van der Waals surface area contributed by atoms with Crippen molar-refractivity contribution >= 4 is 18.0 Å². The number of phenols is 3. The highest BCUT2D eigenvalue weighted by atomic mass is 16.6. The van der Waals surface area contributed by atoms with E-state index in [4.69, 9.17) is 23.7 Å². The first-order valence-corrected chi connectivity index (χ1v) is 10.7. The highest BCUT2D eigenvalue weighted by Gasteiger charge is 2.52. The Balaban J connectivity index is 1.51. The first-order valence-electron chi connectivity index (χ1n) is 10.7. The zero-order valence-corrected chi connectivity index (χ0v) is 19.2. The minimum Gasteiger partial charge on any atom is -0.504 e. The van der Waals surface area contributed by atoms with Gasteiger partial charge in [0.05, 0.1) is 19.8 Å². The summed E-state index contributed by atoms with van der Waals surface area (Å²) >= 11 is 0. The topological polar surface area (TPSA) is 181 Å². The molecule has 0 amide bonds. The molecule has 192 valence electrons. The van der Waals surface area contributed by atoms with Gasteiger partial charge in [0.2, 0.25) is 5.75 Å². The van der Waals surface area contributed by atoms with Gasteiger partial charge in [-0.1, -0.05) is 6.07 Å². The van der Waals surface area contributed by atoms with Crippen LogP contribution in [0.15, 0.2) is 30.3 Å². The molecular formula is C24H24O12. The van der Waals surface area contributed by atoms with Crippen LogP contribution in [0, 0.1) is 0 Å². The van der Waals surface area contributed by atoms with Crippen molar-refractivity contribution in [2.24, 2.45) is 0 Å². The number of aromatic hydroxyl groups is 3. The molecule has 0 bridgehead atoms. The van der Waals surface area contributed by atoms with Crippen LogP contribution in [-0.2, 0) is 19.0 Å². The molecule has 5 unspecified atom stereocenters. The van der Waals surface area contributed by atoms with Gasteiger partial charge in [0.25, 0.3) is 0 Å². The number of ether oxygens (including phenoxy) is 5. The fraction of sp³-hybridized carbons (Fsp3) is 0.333. The van der Waals surface area contributed by atoms with Gasteiger partial charge in [-0.2, -0.15) is 0 Å². The molecule has 36 heavy (non-hydrogen) atoms. The lowest BCUT2D eigenvalue weighted by atomic mass is 9.86. The number of benzene rings is 2. The van der Waals surface area contributed by atoms with Gasteiger partial charge in [-0.3, -0.25) is 0 Å². The summed E-state index contributed by atoms with van der Waals surface area (Å²) < 4.78 is 26.1. The molecule has 0 aliphatic carbocycles. The third-order valence-corrected chi connectivity index (χ3v) is 5.92. The average Bonchev–Trinajstić information content (AvgIpc) is 2.85. The molecule has 1 saturated heterocycles. The van der Waals surface area contributed by atoms with Crippen LogP contribution >= 0.6 is 0 Å². The zero-order valence-electron chi connectivity index (χ0n) is 19.2. The number of hydrogen-bond acceptors (Lipinski definition) is 12. The van der Waals surface area contributed by atoms with Crippen LogP contribution in [0.25, 0.3) is 6.08 Å². The molecule has 2 aliphatic rings. The van der Waals surface area contributed by atoms with E-state index < -0.39 is 60.6 Å². The first kappa shape index (κ1) is 25.1. The molecule has 0 radical (unpaired) electrons. The maximum absolute atomic E-state index is 12.4. The normalized spacial score (nSPS) is 25.0. The Hall–Kier alpha value is -4.00. The van der Waals surface area contributed by atoms with Crippen molar-refractivity contribution < 1.29 is 58.8 Å². The number of fused-ring (bicyclic) bond motifs is 3. The lowest BCUT2D eigenvalue weighted by Crippen LogP contribution is -2.58. The van der Waals surface area contributed by atoms with E-state index in [9.17, 15) is 35.1 Å². The third kappa shape index (κ3) is 4.49. The number of hydrogen-bond donors (Lipinski definition) is 5. The number of rotatable bonds is 6. The van der Waals surface area contributed by atoms with E-state index >= 15 is 0 Å². The van der Waals surface area contributed by atoms with Gasteiger partial charge in [-0.05, 0) is 29.8 Å². The van der Waals surface area contributed by atoms with Crippen LogP contribution < -0.4 is 9.47 Å². The molecule has 5 atom stereocenters. The highest BCUT2D eigenvalue weighted by Crippen LogP contribution is 2.49. The third-order valence-electron chi connectivity index (χ3n) is 5.92. The van der Waals surface area contributed by atoms with Crippen LogP contribution in [0.3, 0.4) is 0 Å². The van der Waals surface area contributed by atoms with Crippen molar-refractivity contribution in [3.05, 3.63) is 47.0 Å². The zero-order chi connectivity index (χ0) is 26.1. The molecule has 2 aliphatic heterocycles. The maximum Gasteiger partial charge on any atom is 0.339 e. The molecule has 12 heteroatoms. The van der Waals surface area contributed by atoms with Crippen LogP contribution in [0.2, 0.25) is 0 Å². The summed E-state index contributed by atoms with van der Waals surface area (Å²) in [7, 11) is 2.58. The Labute approximate surface area is 204 Å². The smallest absolute Gasteiger partial charge is 0.339 e. The van der Waals surface area contributed by atoms with E-state index in [-0.39, 0.29) is 28.4 Å². The molecular weight excluding hydrogens is 480 g/mol. The first-order chi connectivity index (χ1) is 17.2. The Kier molecular flexibility index (Phi) is 6.93. The van der Waals surface area contributed by atoms with E-state index in [2.05, 4.69) is 0 Å². The average molecular weight is 504 g/mol. The second kappa shape index (κ2) is 9.93. The minimum atomic E-state index is -1.64. The summed E-state index contributed by atoms with van der Waals surface area (Å²) in [5.74, 6) is -3.00. The lowest BCUT2D eigenvalue weighted by molar-refractivity contribution is -0.237. The van der Waals surface area contributed by atoms with Crippen LogP contribution in [0.4, 0.5) is 0 Å². The van der Waals surface area contributed by atoms with Gasteiger partial charge in [-0.15, -0.1) is 0 Å². The molecule has 5 N–H and O–H groups in total. The van der Waals surface area contributed by atoms with E-state index in [1.165, 1.54) is 32.4 Å². The number of aliphatic hydroxyl groups excluding tert-OH is 2. The van der Waals surface area contributed by atoms with Crippen molar-refractivity contribution in [3.63, 3.8) is 0 Å². The maximum atomic E-state index is 12.4. The van der Waals surface area contributed by atoms with Crippen LogP contribution in [0.1, 0.15) is 27.6 Å². The van der Waals surface area contributed by atoms with Gasteiger partial charge in [0, 0.05) is 11.6 Å². The number of methoxy groups -OCH3 is 2.